The lowest BCUT2D eigenvalue weighted by Crippen LogP contribution is -2.91. The number of Topliss-reactive ketones (excluding diaryl/α,β-unsaturated/α-hetero) is 1. The van der Waals surface area contributed by atoms with E-state index in [9.17, 15) is 14.0 Å². The lowest BCUT2D eigenvalue weighted by molar-refractivity contribution is -0.581. The first-order valence-corrected chi connectivity index (χ1v) is 9.37. The number of carbonyl (C=O) groups is 2. The third-order valence-electron chi connectivity index (χ3n) is 4.23. The average molecular weight is 457 g/mol. The van der Waals surface area contributed by atoms with Crippen molar-refractivity contribution in [3.63, 3.8) is 0 Å². The molecule has 1 aliphatic heterocycles. The summed E-state index contributed by atoms with van der Waals surface area (Å²) in [6.07, 6.45) is 0.427. The molecule has 1 unspecified atom stereocenters. The van der Waals surface area contributed by atoms with E-state index in [2.05, 4.69) is 19.7 Å². The minimum atomic E-state index is -2.84. The first kappa shape index (κ1) is 17.7. The summed E-state index contributed by atoms with van der Waals surface area (Å²) < 4.78 is 62.0. The summed E-state index contributed by atoms with van der Waals surface area (Å²) in [4.78, 5) is 33.2. The molecule has 0 saturated heterocycles. The molecule has 31 heavy (non-hydrogen) atoms. The molecule has 0 saturated carbocycles. The number of ketones is 1. The predicted molar refractivity (Wildman–Crippen MR) is 113 cm³/mol. The number of rotatable bonds is 5. The molecule has 1 atom stereocenters. The zero-order valence-electron chi connectivity index (χ0n) is 21.9. The fourth-order valence-electron chi connectivity index (χ4n) is 2.70. The Bertz CT molecular complexity index is 1180. The Kier molecular flexibility index (Phi) is 6.25. The SMILES string of the molecule is COC(C)=O.[2H]c1nc(C(=O)Cc2cc(C3(CF)COCC(N)=[NH+]3)ccn2)c(C([2H])([2H])[2H])c([2H])c1Cl. The van der Waals surface area contributed by atoms with E-state index in [0.29, 0.717) is 5.56 Å². The number of pyridine rings is 2. The molecule has 0 bridgehead atoms. The van der Waals surface area contributed by atoms with Crippen LogP contribution in [0.25, 0.3) is 0 Å². The van der Waals surface area contributed by atoms with Crippen LogP contribution in [0.3, 0.4) is 0 Å². The normalized spacial score (nSPS) is 20.5. The van der Waals surface area contributed by atoms with Gasteiger partial charge in [-0.25, -0.2) is 4.39 Å². The number of nitrogens with two attached hydrogens (primary N) is 1. The van der Waals surface area contributed by atoms with Crippen molar-refractivity contribution in [2.75, 3.05) is 27.0 Å². The van der Waals surface area contributed by atoms with Crippen LogP contribution in [0.4, 0.5) is 4.39 Å². The molecular weight excluding hydrogens is 427 g/mol. The highest BCUT2D eigenvalue weighted by Crippen LogP contribution is 2.21. The maximum Gasteiger partial charge on any atom is 0.302 e. The van der Waals surface area contributed by atoms with E-state index in [-0.39, 0.29) is 37.1 Å². The van der Waals surface area contributed by atoms with E-state index >= 15 is 0 Å². The molecule has 3 heterocycles. The third-order valence-corrected chi connectivity index (χ3v) is 4.41. The molecular formula is C21H25ClFN4O4+. The van der Waals surface area contributed by atoms with Crippen LogP contribution in [0.2, 0.25) is 5.02 Å². The van der Waals surface area contributed by atoms with Crippen molar-refractivity contribution in [2.45, 2.75) is 25.7 Å². The molecule has 1 aliphatic rings. The number of carbonyl (C=O) groups excluding carboxylic acids is 2. The van der Waals surface area contributed by atoms with Gasteiger partial charge in [0.2, 0.25) is 0 Å². The number of methoxy groups -OCH3 is 1. The van der Waals surface area contributed by atoms with Crippen LogP contribution in [0.15, 0.2) is 30.5 Å². The highest BCUT2D eigenvalue weighted by molar-refractivity contribution is 6.30. The highest BCUT2D eigenvalue weighted by Gasteiger charge is 2.39. The van der Waals surface area contributed by atoms with E-state index in [1.807, 2.05) is 0 Å². The van der Waals surface area contributed by atoms with Gasteiger partial charge < -0.3 is 9.47 Å². The fourth-order valence-corrected chi connectivity index (χ4v) is 2.84. The van der Waals surface area contributed by atoms with Gasteiger partial charge in [-0.3, -0.25) is 30.3 Å². The van der Waals surface area contributed by atoms with Crippen molar-refractivity contribution in [1.29, 1.82) is 0 Å². The van der Waals surface area contributed by atoms with E-state index in [1.54, 1.807) is 6.07 Å². The smallest absolute Gasteiger partial charge is 0.302 e. The molecule has 166 valence electrons. The van der Waals surface area contributed by atoms with Crippen LogP contribution in [0.5, 0.6) is 0 Å². The number of alkyl halides is 1. The number of nitrogens with zero attached hydrogens (tertiary/aromatic N) is 2. The van der Waals surface area contributed by atoms with Crippen LogP contribution >= 0.6 is 11.6 Å². The van der Waals surface area contributed by atoms with Gasteiger partial charge in [0.05, 0.1) is 27.9 Å². The Morgan fingerprint density at radius 3 is 2.87 bits per heavy atom. The van der Waals surface area contributed by atoms with Crippen LogP contribution in [-0.2, 0) is 26.2 Å². The van der Waals surface area contributed by atoms with Gasteiger partial charge in [0, 0.05) is 34.7 Å². The van der Waals surface area contributed by atoms with Crippen molar-refractivity contribution in [1.82, 2.24) is 9.97 Å². The van der Waals surface area contributed by atoms with Crippen LogP contribution < -0.4 is 10.7 Å². The Hall–Kier alpha value is -2.91. The standard InChI is InChI=1S/C18H18ClFN4O2.C3H6O2/c1-11-4-13(19)7-23-17(11)15(25)6-14-5-12(2-3-22-14)18(9-20)10-26-8-16(21)24-18;1-3(4)5-2/h2-5,7H,6,8-10H2,1H3,(H2,21,24);1-2H3/p+1/i1D3,4D,7D;. The number of esters is 1. The second-order valence-electron chi connectivity index (χ2n) is 6.58. The minimum absolute atomic E-state index is 0.00788. The van der Waals surface area contributed by atoms with Crippen LogP contribution in [0.1, 0.15) is 41.1 Å². The molecule has 0 spiro atoms. The number of amidine groups is 1. The minimum Gasteiger partial charge on any atom is -0.469 e. The van der Waals surface area contributed by atoms with Crippen molar-refractivity contribution in [2.24, 2.45) is 5.73 Å². The number of nitrogens with one attached hydrogen (secondary N) is 1. The van der Waals surface area contributed by atoms with Gasteiger partial charge in [0.1, 0.15) is 19.0 Å². The number of ether oxygens (including phenoxy) is 2. The van der Waals surface area contributed by atoms with Gasteiger partial charge >= 0.3 is 5.97 Å². The van der Waals surface area contributed by atoms with Crippen molar-refractivity contribution in [3.8, 4) is 0 Å². The van der Waals surface area contributed by atoms with Crippen LogP contribution in [0, 0.1) is 6.85 Å². The van der Waals surface area contributed by atoms with E-state index in [4.69, 9.17) is 28.9 Å². The summed E-state index contributed by atoms with van der Waals surface area (Å²) in [6.45, 7) is -2.16. The molecule has 0 radical (unpaired) electrons. The zero-order chi connectivity index (χ0) is 27.3. The van der Waals surface area contributed by atoms with Gasteiger partial charge in [0.15, 0.2) is 11.3 Å². The summed E-state index contributed by atoms with van der Waals surface area (Å²) >= 11 is 5.80. The average Bonchev–Trinajstić information content (AvgIpc) is 2.81. The molecule has 0 aromatic carbocycles. The number of hydrogen-bond donors (Lipinski definition) is 2. The monoisotopic (exact) mass is 456 g/mol. The summed E-state index contributed by atoms with van der Waals surface area (Å²) in [6, 6.07) is 2.40. The topological polar surface area (TPSA) is 118 Å². The molecule has 3 N–H and O–H groups in total. The quantitative estimate of drug-likeness (QED) is 0.501. The van der Waals surface area contributed by atoms with Crippen molar-refractivity contribution >= 4 is 29.2 Å². The molecule has 0 fully saturated rings. The highest BCUT2D eigenvalue weighted by atomic mass is 35.5. The second kappa shape index (κ2) is 10.9. The van der Waals surface area contributed by atoms with Crippen molar-refractivity contribution < 1.29 is 35.3 Å². The molecule has 10 heteroatoms. The molecule has 0 amide bonds. The van der Waals surface area contributed by atoms with E-state index in [0.717, 1.165) is 0 Å². The molecule has 2 aromatic rings. The van der Waals surface area contributed by atoms with Gasteiger partial charge in [-0.2, -0.15) is 0 Å². The van der Waals surface area contributed by atoms with Gasteiger partial charge in [-0.05, 0) is 30.6 Å². The Balaban J connectivity index is 0.000000830. The van der Waals surface area contributed by atoms with E-state index in [1.165, 1.54) is 26.3 Å². The molecule has 3 rings (SSSR count). The lowest BCUT2D eigenvalue weighted by Gasteiger charge is -2.28. The second-order valence-corrected chi connectivity index (χ2v) is 6.95. The molecule has 0 aliphatic carbocycles. The number of halogens is 2. The number of hydrogen-bond acceptors (Lipinski definition) is 7. The van der Waals surface area contributed by atoms with Crippen molar-refractivity contribution in [3.05, 3.63) is 58.1 Å². The summed E-state index contributed by atoms with van der Waals surface area (Å²) in [5, 5.41) is -0.454. The fraction of sp³-hybridized carbons (Fsp3) is 0.381. The first-order valence-electron chi connectivity index (χ1n) is 11.5. The molecule has 2 aromatic heterocycles. The summed E-state index contributed by atoms with van der Waals surface area (Å²) in [5.41, 5.74) is 4.00. The Morgan fingerprint density at radius 1 is 1.52 bits per heavy atom. The zero-order valence-corrected chi connectivity index (χ0v) is 17.7. The Labute approximate surface area is 191 Å². The maximum absolute atomic E-state index is 13.9. The third kappa shape index (κ3) is 6.53. The first-order chi connectivity index (χ1) is 16.8. The number of aromatic nitrogens is 2. The lowest BCUT2D eigenvalue weighted by atomic mass is 9.91. The summed E-state index contributed by atoms with van der Waals surface area (Å²) in [5.74, 6) is -0.746. The van der Waals surface area contributed by atoms with Crippen LogP contribution in [-0.4, -0.2) is 54.6 Å². The van der Waals surface area contributed by atoms with Gasteiger partial charge in [-0.15, -0.1) is 0 Å². The summed E-state index contributed by atoms with van der Waals surface area (Å²) in [7, 11) is 1.35. The van der Waals surface area contributed by atoms with Gasteiger partial charge in [-0.1, -0.05) is 11.6 Å². The largest absolute Gasteiger partial charge is 0.469 e. The van der Waals surface area contributed by atoms with Gasteiger partial charge in [0.25, 0.3) is 5.84 Å². The predicted octanol–water partition coefficient (Wildman–Crippen LogP) is 0.676. The maximum atomic E-state index is 13.9. The van der Waals surface area contributed by atoms with E-state index < -0.39 is 53.3 Å². The Morgan fingerprint density at radius 2 is 2.26 bits per heavy atom. The molecule has 8 nitrogen and oxygen atoms in total.